The number of fused-ring (bicyclic) bond motifs is 1. The highest BCUT2D eigenvalue weighted by molar-refractivity contribution is 5.79. The van der Waals surface area contributed by atoms with Gasteiger partial charge >= 0.3 is 0 Å². The largest absolute Gasteiger partial charge is 0.390 e. The van der Waals surface area contributed by atoms with Crippen LogP contribution in [-0.4, -0.2) is 20.5 Å². The van der Waals surface area contributed by atoms with Crippen molar-refractivity contribution in [3.8, 4) is 0 Å². The first kappa shape index (κ1) is 11.1. The third-order valence-corrected chi connectivity index (χ3v) is 2.73. The molecule has 0 bridgehead atoms. The molecule has 1 N–H and O–H groups in total. The molecule has 3 nitrogen and oxygen atoms in total. The van der Waals surface area contributed by atoms with Crippen LogP contribution in [0.1, 0.15) is 25.8 Å². The SMILES string of the molecule is Cc1ccc2c(cnn2CCC(C)(C)O)c1. The van der Waals surface area contributed by atoms with Crippen molar-refractivity contribution in [1.29, 1.82) is 0 Å². The van der Waals surface area contributed by atoms with Gasteiger partial charge in [0.15, 0.2) is 0 Å². The van der Waals surface area contributed by atoms with Gasteiger partial charge in [0.05, 0.1) is 17.3 Å². The topological polar surface area (TPSA) is 38.0 Å². The molecule has 0 saturated carbocycles. The van der Waals surface area contributed by atoms with Crippen LogP contribution < -0.4 is 0 Å². The number of rotatable bonds is 3. The zero-order valence-electron chi connectivity index (χ0n) is 10.1. The van der Waals surface area contributed by atoms with Crippen LogP contribution >= 0.6 is 0 Å². The molecule has 16 heavy (non-hydrogen) atoms. The molecule has 86 valence electrons. The summed E-state index contributed by atoms with van der Waals surface area (Å²) in [4.78, 5) is 0. The summed E-state index contributed by atoms with van der Waals surface area (Å²) in [7, 11) is 0. The van der Waals surface area contributed by atoms with E-state index in [0.717, 1.165) is 17.4 Å². The van der Waals surface area contributed by atoms with Gasteiger partial charge in [-0.3, -0.25) is 4.68 Å². The van der Waals surface area contributed by atoms with Gasteiger partial charge in [-0.2, -0.15) is 5.10 Å². The molecule has 0 spiro atoms. The van der Waals surface area contributed by atoms with Crippen molar-refractivity contribution in [2.45, 2.75) is 39.3 Å². The first-order chi connectivity index (χ1) is 7.46. The zero-order valence-corrected chi connectivity index (χ0v) is 10.1. The number of benzene rings is 1. The Labute approximate surface area is 95.7 Å². The number of hydrogen-bond acceptors (Lipinski definition) is 2. The Balaban J connectivity index is 2.25. The number of aromatic nitrogens is 2. The van der Waals surface area contributed by atoms with Crippen molar-refractivity contribution in [3.63, 3.8) is 0 Å². The normalized spacial score (nSPS) is 12.2. The van der Waals surface area contributed by atoms with Crippen molar-refractivity contribution in [2.75, 3.05) is 0 Å². The molecule has 1 aromatic heterocycles. The molecule has 0 atom stereocenters. The molecule has 2 rings (SSSR count). The minimum absolute atomic E-state index is 0.636. The zero-order chi connectivity index (χ0) is 11.8. The highest BCUT2D eigenvalue weighted by Gasteiger charge is 2.13. The Kier molecular flexibility index (Phi) is 2.72. The molecule has 0 amide bonds. The lowest BCUT2D eigenvalue weighted by atomic mass is 10.1. The summed E-state index contributed by atoms with van der Waals surface area (Å²) in [5.74, 6) is 0. The molecule has 1 heterocycles. The quantitative estimate of drug-likeness (QED) is 0.859. The minimum atomic E-state index is -0.636. The van der Waals surface area contributed by atoms with Gasteiger partial charge in [0.1, 0.15) is 0 Å². The van der Waals surface area contributed by atoms with Crippen molar-refractivity contribution < 1.29 is 5.11 Å². The van der Waals surface area contributed by atoms with Gasteiger partial charge in [-0.1, -0.05) is 11.6 Å². The van der Waals surface area contributed by atoms with E-state index in [-0.39, 0.29) is 0 Å². The third-order valence-electron chi connectivity index (χ3n) is 2.73. The van der Waals surface area contributed by atoms with Gasteiger partial charge < -0.3 is 5.11 Å². The smallest absolute Gasteiger partial charge is 0.0682 e. The van der Waals surface area contributed by atoms with Crippen molar-refractivity contribution in [2.24, 2.45) is 0 Å². The second-order valence-corrected chi connectivity index (χ2v) is 4.99. The van der Waals surface area contributed by atoms with Crippen LogP contribution in [0.4, 0.5) is 0 Å². The van der Waals surface area contributed by atoms with Crippen LogP contribution in [0.15, 0.2) is 24.4 Å². The second kappa shape index (κ2) is 3.91. The van der Waals surface area contributed by atoms with E-state index in [1.54, 1.807) is 0 Å². The van der Waals surface area contributed by atoms with Crippen molar-refractivity contribution in [3.05, 3.63) is 30.0 Å². The number of aryl methyl sites for hydroxylation is 2. The van der Waals surface area contributed by atoms with Gasteiger partial charge in [-0.05, 0) is 39.3 Å². The Morgan fingerprint density at radius 1 is 1.38 bits per heavy atom. The summed E-state index contributed by atoms with van der Waals surface area (Å²) >= 11 is 0. The van der Waals surface area contributed by atoms with Crippen LogP contribution in [0.25, 0.3) is 10.9 Å². The van der Waals surface area contributed by atoms with E-state index in [0.29, 0.717) is 6.42 Å². The van der Waals surface area contributed by atoms with Crippen LogP contribution in [0.3, 0.4) is 0 Å². The minimum Gasteiger partial charge on any atom is -0.390 e. The molecule has 0 radical (unpaired) electrons. The Hall–Kier alpha value is -1.35. The molecule has 1 aromatic carbocycles. The third kappa shape index (κ3) is 2.42. The van der Waals surface area contributed by atoms with E-state index in [1.807, 2.05) is 24.7 Å². The maximum absolute atomic E-state index is 9.69. The van der Waals surface area contributed by atoms with Crippen LogP contribution in [0, 0.1) is 6.92 Å². The molecule has 0 saturated heterocycles. The predicted molar refractivity (Wildman–Crippen MR) is 65.4 cm³/mol. The standard InChI is InChI=1S/C13H18N2O/c1-10-4-5-12-11(8-10)9-14-15(12)7-6-13(2,3)16/h4-5,8-9,16H,6-7H2,1-3H3. The molecule has 0 fully saturated rings. The molecular weight excluding hydrogens is 200 g/mol. The summed E-state index contributed by atoms with van der Waals surface area (Å²) in [5, 5.41) is 15.2. The fourth-order valence-corrected chi connectivity index (χ4v) is 1.76. The van der Waals surface area contributed by atoms with Crippen LogP contribution in [0.5, 0.6) is 0 Å². The van der Waals surface area contributed by atoms with Crippen molar-refractivity contribution in [1.82, 2.24) is 9.78 Å². The fourth-order valence-electron chi connectivity index (χ4n) is 1.76. The first-order valence-electron chi connectivity index (χ1n) is 5.60. The summed E-state index contributed by atoms with van der Waals surface area (Å²) in [6, 6.07) is 6.30. The molecule has 0 aliphatic rings. The maximum atomic E-state index is 9.69. The Bertz CT molecular complexity index is 494. The lowest BCUT2D eigenvalue weighted by Crippen LogP contribution is -2.21. The van der Waals surface area contributed by atoms with E-state index < -0.39 is 5.60 Å². The molecule has 0 aliphatic heterocycles. The number of hydrogen-bond donors (Lipinski definition) is 1. The summed E-state index contributed by atoms with van der Waals surface area (Å²) in [6.07, 6.45) is 2.59. The molecule has 0 unspecified atom stereocenters. The molecule has 3 heteroatoms. The number of aliphatic hydroxyl groups is 1. The predicted octanol–water partition coefficient (Wildman–Crippen LogP) is 2.51. The van der Waals surface area contributed by atoms with E-state index >= 15 is 0 Å². The number of nitrogens with zero attached hydrogens (tertiary/aromatic N) is 2. The summed E-state index contributed by atoms with van der Waals surface area (Å²) < 4.78 is 1.95. The van der Waals surface area contributed by atoms with Gasteiger partial charge in [-0.15, -0.1) is 0 Å². The van der Waals surface area contributed by atoms with E-state index in [4.69, 9.17) is 0 Å². The van der Waals surface area contributed by atoms with Crippen LogP contribution in [0.2, 0.25) is 0 Å². The van der Waals surface area contributed by atoms with Crippen molar-refractivity contribution >= 4 is 10.9 Å². The first-order valence-corrected chi connectivity index (χ1v) is 5.60. The van der Waals surface area contributed by atoms with Gasteiger partial charge in [0.2, 0.25) is 0 Å². The summed E-state index contributed by atoms with van der Waals surface area (Å²) in [5.41, 5.74) is 1.74. The fraction of sp³-hybridized carbons (Fsp3) is 0.462. The molecule has 2 aromatic rings. The second-order valence-electron chi connectivity index (χ2n) is 4.99. The van der Waals surface area contributed by atoms with E-state index in [2.05, 4.69) is 30.2 Å². The highest BCUT2D eigenvalue weighted by Crippen LogP contribution is 2.17. The van der Waals surface area contributed by atoms with Gasteiger partial charge in [-0.25, -0.2) is 0 Å². The van der Waals surface area contributed by atoms with Crippen LogP contribution in [-0.2, 0) is 6.54 Å². The Morgan fingerprint density at radius 3 is 2.81 bits per heavy atom. The molecule has 0 aliphatic carbocycles. The highest BCUT2D eigenvalue weighted by atomic mass is 16.3. The lowest BCUT2D eigenvalue weighted by Gasteiger charge is -2.16. The average molecular weight is 218 g/mol. The van der Waals surface area contributed by atoms with E-state index in [1.165, 1.54) is 5.56 Å². The summed E-state index contributed by atoms with van der Waals surface area (Å²) in [6.45, 7) is 6.47. The maximum Gasteiger partial charge on any atom is 0.0682 e. The Morgan fingerprint density at radius 2 is 2.12 bits per heavy atom. The lowest BCUT2D eigenvalue weighted by molar-refractivity contribution is 0.0655. The van der Waals surface area contributed by atoms with E-state index in [9.17, 15) is 5.11 Å². The monoisotopic (exact) mass is 218 g/mol. The van der Waals surface area contributed by atoms with Gasteiger partial charge in [0.25, 0.3) is 0 Å². The molecular formula is C13H18N2O. The average Bonchev–Trinajstić information content (AvgIpc) is 2.56. The van der Waals surface area contributed by atoms with Gasteiger partial charge in [0, 0.05) is 11.9 Å².